The highest BCUT2D eigenvalue weighted by molar-refractivity contribution is 7.13. The summed E-state index contributed by atoms with van der Waals surface area (Å²) in [5, 5.41) is 2.75. The fourth-order valence-electron chi connectivity index (χ4n) is 1.09. The van der Waals surface area contributed by atoms with Crippen molar-refractivity contribution in [3.63, 3.8) is 0 Å². The quantitative estimate of drug-likeness (QED) is 0.840. The Kier molecular flexibility index (Phi) is 2.89. The van der Waals surface area contributed by atoms with Crippen molar-refractivity contribution in [3.8, 4) is 16.6 Å². The molecule has 0 unspecified atom stereocenters. The van der Waals surface area contributed by atoms with E-state index in [9.17, 15) is 0 Å². The van der Waals surface area contributed by atoms with Gasteiger partial charge in [0, 0.05) is 18.0 Å². The monoisotopic (exact) mass is 222 g/mol. The largest absolute Gasteiger partial charge is 0.481 e. The average Bonchev–Trinajstić information content (AvgIpc) is 2.78. The van der Waals surface area contributed by atoms with E-state index < -0.39 is 0 Å². The van der Waals surface area contributed by atoms with E-state index in [0.717, 1.165) is 16.4 Å². The summed E-state index contributed by atoms with van der Waals surface area (Å²) in [6.45, 7) is 0.443. The van der Waals surface area contributed by atoms with Gasteiger partial charge in [0.25, 0.3) is 0 Å². The first-order chi connectivity index (χ1) is 7.33. The number of aromatic nitrogens is 3. The van der Waals surface area contributed by atoms with Gasteiger partial charge in [0.05, 0.1) is 12.8 Å². The molecule has 0 radical (unpaired) electrons. The van der Waals surface area contributed by atoms with Crippen LogP contribution in [0.4, 0.5) is 0 Å². The maximum Gasteiger partial charge on any atom is 0.216 e. The van der Waals surface area contributed by atoms with Crippen molar-refractivity contribution in [2.45, 2.75) is 6.54 Å². The van der Waals surface area contributed by atoms with Crippen LogP contribution in [0.5, 0.6) is 5.88 Å². The molecule has 0 saturated heterocycles. The first-order valence-electron chi connectivity index (χ1n) is 4.34. The van der Waals surface area contributed by atoms with Gasteiger partial charge in [-0.25, -0.2) is 15.0 Å². The summed E-state index contributed by atoms with van der Waals surface area (Å²) in [4.78, 5) is 12.4. The lowest BCUT2D eigenvalue weighted by molar-refractivity contribution is 0.397. The van der Waals surface area contributed by atoms with Crippen molar-refractivity contribution in [2.24, 2.45) is 5.73 Å². The Morgan fingerprint density at radius 1 is 1.47 bits per heavy atom. The van der Waals surface area contributed by atoms with Crippen molar-refractivity contribution in [3.05, 3.63) is 23.5 Å². The Bertz CT molecular complexity index is 457. The van der Waals surface area contributed by atoms with E-state index in [2.05, 4.69) is 15.0 Å². The van der Waals surface area contributed by atoms with Crippen LogP contribution < -0.4 is 10.5 Å². The summed E-state index contributed by atoms with van der Waals surface area (Å²) in [5.74, 6) is 0.532. The van der Waals surface area contributed by atoms with Gasteiger partial charge in [-0.1, -0.05) is 0 Å². The van der Waals surface area contributed by atoms with Crippen LogP contribution in [0.25, 0.3) is 10.7 Å². The van der Waals surface area contributed by atoms with Crippen LogP contribution in [0.1, 0.15) is 5.69 Å². The van der Waals surface area contributed by atoms with Crippen molar-refractivity contribution in [1.29, 1.82) is 0 Å². The molecule has 6 heteroatoms. The Morgan fingerprint density at radius 2 is 2.33 bits per heavy atom. The summed E-state index contributed by atoms with van der Waals surface area (Å²) in [6.07, 6.45) is 1.46. The van der Waals surface area contributed by atoms with Crippen molar-refractivity contribution < 1.29 is 4.74 Å². The molecule has 0 saturated carbocycles. The summed E-state index contributed by atoms with van der Waals surface area (Å²) >= 11 is 1.51. The summed E-state index contributed by atoms with van der Waals surface area (Å²) < 4.78 is 5.01. The molecule has 0 aliphatic carbocycles. The maximum atomic E-state index is 5.48. The average molecular weight is 222 g/mol. The SMILES string of the molecule is COc1cc(-c2nc(CN)cs2)ncn1. The van der Waals surface area contributed by atoms with Gasteiger partial charge in [-0.2, -0.15) is 0 Å². The molecule has 78 valence electrons. The van der Waals surface area contributed by atoms with Gasteiger partial charge < -0.3 is 10.5 Å². The maximum absolute atomic E-state index is 5.48. The molecule has 0 fully saturated rings. The predicted molar refractivity (Wildman–Crippen MR) is 57.6 cm³/mol. The molecule has 0 bridgehead atoms. The standard InChI is InChI=1S/C9H10N4OS/c1-14-8-2-7(11-5-12-8)9-13-6(3-10)4-15-9/h2,4-5H,3,10H2,1H3. The number of nitrogens with two attached hydrogens (primary N) is 1. The zero-order chi connectivity index (χ0) is 10.7. The van der Waals surface area contributed by atoms with Crippen LogP contribution in [0.2, 0.25) is 0 Å². The fourth-order valence-corrected chi connectivity index (χ4v) is 1.89. The Hall–Kier alpha value is -1.53. The van der Waals surface area contributed by atoms with E-state index in [0.29, 0.717) is 12.4 Å². The summed E-state index contributed by atoms with van der Waals surface area (Å²) in [5.41, 5.74) is 7.11. The number of thiazole rings is 1. The van der Waals surface area contributed by atoms with Crippen molar-refractivity contribution >= 4 is 11.3 Å². The highest BCUT2D eigenvalue weighted by atomic mass is 32.1. The minimum absolute atomic E-state index is 0.443. The molecule has 0 aliphatic rings. The van der Waals surface area contributed by atoms with Gasteiger partial charge in [-0.05, 0) is 0 Å². The highest BCUT2D eigenvalue weighted by Gasteiger charge is 2.06. The van der Waals surface area contributed by atoms with Gasteiger partial charge in [0.2, 0.25) is 5.88 Å². The van der Waals surface area contributed by atoms with E-state index in [-0.39, 0.29) is 0 Å². The highest BCUT2D eigenvalue weighted by Crippen LogP contribution is 2.23. The van der Waals surface area contributed by atoms with Crippen LogP contribution in [0, 0.1) is 0 Å². The first kappa shape index (κ1) is 10.0. The van der Waals surface area contributed by atoms with Crippen molar-refractivity contribution in [1.82, 2.24) is 15.0 Å². The van der Waals surface area contributed by atoms with Crippen LogP contribution >= 0.6 is 11.3 Å². The number of rotatable bonds is 3. The van der Waals surface area contributed by atoms with E-state index in [1.807, 2.05) is 5.38 Å². The number of nitrogens with zero attached hydrogens (tertiary/aromatic N) is 3. The third-order valence-electron chi connectivity index (χ3n) is 1.83. The van der Waals surface area contributed by atoms with Gasteiger partial charge in [0.15, 0.2) is 0 Å². The number of ether oxygens (including phenoxy) is 1. The molecular weight excluding hydrogens is 212 g/mol. The summed E-state index contributed by atoms with van der Waals surface area (Å²) in [6, 6.07) is 1.75. The van der Waals surface area contributed by atoms with Gasteiger partial charge >= 0.3 is 0 Å². The molecule has 0 aromatic carbocycles. The molecule has 2 aromatic rings. The molecule has 0 atom stereocenters. The number of hydrogen-bond donors (Lipinski definition) is 1. The lowest BCUT2D eigenvalue weighted by atomic mass is 10.4. The van der Waals surface area contributed by atoms with Gasteiger partial charge in [-0.15, -0.1) is 11.3 Å². The molecular formula is C9H10N4OS. The zero-order valence-electron chi connectivity index (χ0n) is 8.17. The molecule has 2 heterocycles. The first-order valence-corrected chi connectivity index (χ1v) is 5.22. The van der Waals surface area contributed by atoms with Crippen LogP contribution in [0.15, 0.2) is 17.8 Å². The zero-order valence-corrected chi connectivity index (χ0v) is 8.99. The Balaban J connectivity index is 2.35. The minimum Gasteiger partial charge on any atom is -0.481 e. The normalized spacial score (nSPS) is 10.3. The molecule has 0 spiro atoms. The predicted octanol–water partition coefficient (Wildman–Crippen LogP) is 1.07. The van der Waals surface area contributed by atoms with Crippen LogP contribution in [0.3, 0.4) is 0 Å². The fraction of sp³-hybridized carbons (Fsp3) is 0.222. The Labute approximate surface area is 91.0 Å². The molecule has 5 nitrogen and oxygen atoms in total. The number of hydrogen-bond acceptors (Lipinski definition) is 6. The Morgan fingerprint density at radius 3 is 3.00 bits per heavy atom. The van der Waals surface area contributed by atoms with Gasteiger partial charge in [0.1, 0.15) is 17.0 Å². The molecule has 0 aliphatic heterocycles. The molecule has 2 aromatic heterocycles. The second-order valence-electron chi connectivity index (χ2n) is 2.79. The molecule has 2 N–H and O–H groups in total. The van der Waals surface area contributed by atoms with Crippen molar-refractivity contribution in [2.75, 3.05) is 7.11 Å². The van der Waals surface area contributed by atoms with E-state index in [4.69, 9.17) is 10.5 Å². The third kappa shape index (κ3) is 2.11. The van der Waals surface area contributed by atoms with Crippen LogP contribution in [-0.4, -0.2) is 22.1 Å². The smallest absolute Gasteiger partial charge is 0.216 e. The van der Waals surface area contributed by atoms with E-state index in [1.165, 1.54) is 17.7 Å². The van der Waals surface area contributed by atoms with E-state index >= 15 is 0 Å². The molecule has 0 amide bonds. The van der Waals surface area contributed by atoms with E-state index in [1.54, 1.807) is 13.2 Å². The third-order valence-corrected chi connectivity index (χ3v) is 2.74. The minimum atomic E-state index is 0.443. The second kappa shape index (κ2) is 4.33. The summed E-state index contributed by atoms with van der Waals surface area (Å²) in [7, 11) is 1.57. The van der Waals surface area contributed by atoms with Gasteiger partial charge in [-0.3, -0.25) is 0 Å². The molecule has 2 rings (SSSR count). The lowest BCUT2D eigenvalue weighted by Crippen LogP contribution is -1.96. The van der Waals surface area contributed by atoms with Crippen LogP contribution in [-0.2, 0) is 6.54 Å². The molecule has 15 heavy (non-hydrogen) atoms. The second-order valence-corrected chi connectivity index (χ2v) is 3.65. The number of methoxy groups -OCH3 is 1. The lowest BCUT2D eigenvalue weighted by Gasteiger charge is -1.98. The topological polar surface area (TPSA) is 73.9 Å².